The Morgan fingerprint density at radius 3 is 2.11 bits per heavy atom. The largest absolute Gasteiger partial charge is 0.368 e. The SMILES string of the molecule is CC.Cc1nc(N)nc(C)c1-c1cccc(F)c1. The Morgan fingerprint density at radius 1 is 1.06 bits per heavy atom. The Balaban J connectivity index is 0.000000771. The van der Waals surface area contributed by atoms with E-state index in [1.165, 1.54) is 12.1 Å². The Morgan fingerprint density at radius 2 is 1.61 bits per heavy atom. The quantitative estimate of drug-likeness (QED) is 0.839. The van der Waals surface area contributed by atoms with Crippen LogP contribution in [0.5, 0.6) is 0 Å². The molecule has 1 aromatic heterocycles. The van der Waals surface area contributed by atoms with Gasteiger partial charge in [0.05, 0.1) is 11.4 Å². The summed E-state index contributed by atoms with van der Waals surface area (Å²) in [5.41, 5.74) is 8.67. The summed E-state index contributed by atoms with van der Waals surface area (Å²) in [5, 5.41) is 0. The molecule has 0 fully saturated rings. The average molecular weight is 247 g/mol. The van der Waals surface area contributed by atoms with Crippen LogP contribution in [0.15, 0.2) is 24.3 Å². The van der Waals surface area contributed by atoms with E-state index in [9.17, 15) is 4.39 Å². The van der Waals surface area contributed by atoms with Gasteiger partial charge in [0.2, 0.25) is 5.95 Å². The van der Waals surface area contributed by atoms with E-state index >= 15 is 0 Å². The van der Waals surface area contributed by atoms with Crippen LogP contribution in [-0.2, 0) is 0 Å². The lowest BCUT2D eigenvalue weighted by atomic mass is 10.0. The van der Waals surface area contributed by atoms with Crippen LogP contribution in [0.3, 0.4) is 0 Å². The second-order valence-electron chi connectivity index (χ2n) is 3.64. The highest BCUT2D eigenvalue weighted by atomic mass is 19.1. The standard InChI is InChI=1S/C12H12FN3.C2H6/c1-7-11(8(2)16-12(14)15-7)9-4-3-5-10(13)6-9;1-2/h3-6H,1-2H3,(H2,14,15,16);1-2H3. The number of aromatic nitrogens is 2. The van der Waals surface area contributed by atoms with Gasteiger partial charge in [-0.1, -0.05) is 26.0 Å². The van der Waals surface area contributed by atoms with Gasteiger partial charge in [-0.25, -0.2) is 14.4 Å². The summed E-state index contributed by atoms with van der Waals surface area (Å²) in [7, 11) is 0. The predicted molar refractivity (Wildman–Crippen MR) is 72.7 cm³/mol. The fraction of sp³-hybridized carbons (Fsp3) is 0.286. The van der Waals surface area contributed by atoms with E-state index in [2.05, 4.69) is 9.97 Å². The molecule has 0 saturated carbocycles. The first kappa shape index (κ1) is 14.1. The Bertz CT molecular complexity index is 515. The summed E-state index contributed by atoms with van der Waals surface area (Å²) >= 11 is 0. The average Bonchev–Trinajstić information content (AvgIpc) is 2.30. The van der Waals surface area contributed by atoms with Crippen LogP contribution < -0.4 is 5.73 Å². The summed E-state index contributed by atoms with van der Waals surface area (Å²) in [6.45, 7) is 7.68. The maximum Gasteiger partial charge on any atom is 0.220 e. The van der Waals surface area contributed by atoms with E-state index in [0.29, 0.717) is 0 Å². The molecule has 2 aromatic rings. The summed E-state index contributed by atoms with van der Waals surface area (Å²) < 4.78 is 13.1. The molecule has 2 N–H and O–H groups in total. The van der Waals surface area contributed by atoms with Crippen LogP contribution in [0.1, 0.15) is 25.2 Å². The number of anilines is 1. The van der Waals surface area contributed by atoms with E-state index < -0.39 is 0 Å². The van der Waals surface area contributed by atoms with Crippen LogP contribution >= 0.6 is 0 Å². The van der Waals surface area contributed by atoms with Gasteiger partial charge in [-0.05, 0) is 31.5 Å². The summed E-state index contributed by atoms with van der Waals surface area (Å²) in [4.78, 5) is 8.17. The van der Waals surface area contributed by atoms with Crippen LogP contribution in [-0.4, -0.2) is 9.97 Å². The van der Waals surface area contributed by atoms with Gasteiger partial charge >= 0.3 is 0 Å². The lowest BCUT2D eigenvalue weighted by molar-refractivity contribution is 0.628. The lowest BCUT2D eigenvalue weighted by Crippen LogP contribution is -2.02. The number of hydrogen-bond acceptors (Lipinski definition) is 3. The monoisotopic (exact) mass is 247 g/mol. The maximum absolute atomic E-state index is 13.1. The highest BCUT2D eigenvalue weighted by molar-refractivity contribution is 5.68. The smallest absolute Gasteiger partial charge is 0.220 e. The fourth-order valence-corrected chi connectivity index (χ4v) is 1.80. The van der Waals surface area contributed by atoms with Gasteiger partial charge < -0.3 is 5.73 Å². The number of nitrogens with two attached hydrogens (primary N) is 1. The molecular weight excluding hydrogens is 229 g/mol. The van der Waals surface area contributed by atoms with Gasteiger partial charge in [-0.3, -0.25) is 0 Å². The molecule has 0 radical (unpaired) electrons. The fourth-order valence-electron chi connectivity index (χ4n) is 1.80. The minimum atomic E-state index is -0.270. The summed E-state index contributed by atoms with van der Waals surface area (Å²) in [6.07, 6.45) is 0. The van der Waals surface area contributed by atoms with E-state index in [-0.39, 0.29) is 11.8 Å². The molecule has 0 unspecified atom stereocenters. The van der Waals surface area contributed by atoms with Crippen molar-refractivity contribution in [1.82, 2.24) is 9.97 Å². The summed E-state index contributed by atoms with van der Waals surface area (Å²) in [6, 6.07) is 6.37. The molecule has 96 valence electrons. The zero-order valence-electron chi connectivity index (χ0n) is 11.2. The van der Waals surface area contributed by atoms with Crippen molar-refractivity contribution in [3.8, 4) is 11.1 Å². The van der Waals surface area contributed by atoms with Crippen LogP contribution in [0.25, 0.3) is 11.1 Å². The van der Waals surface area contributed by atoms with Gasteiger partial charge in [-0.2, -0.15) is 0 Å². The minimum absolute atomic E-state index is 0.246. The van der Waals surface area contributed by atoms with Gasteiger partial charge in [-0.15, -0.1) is 0 Å². The van der Waals surface area contributed by atoms with Crippen molar-refractivity contribution in [1.29, 1.82) is 0 Å². The molecule has 0 aliphatic heterocycles. The zero-order valence-corrected chi connectivity index (χ0v) is 11.2. The van der Waals surface area contributed by atoms with Crippen LogP contribution in [0.2, 0.25) is 0 Å². The molecule has 0 aliphatic carbocycles. The number of halogens is 1. The highest BCUT2D eigenvalue weighted by Crippen LogP contribution is 2.25. The molecule has 2 rings (SSSR count). The molecule has 0 atom stereocenters. The van der Waals surface area contributed by atoms with Crippen molar-refractivity contribution >= 4 is 5.95 Å². The first-order valence-corrected chi connectivity index (χ1v) is 5.94. The number of nitrogen functional groups attached to an aromatic ring is 1. The minimum Gasteiger partial charge on any atom is -0.368 e. The predicted octanol–water partition coefficient (Wildman–Crippen LogP) is 3.51. The van der Waals surface area contributed by atoms with Gasteiger partial charge in [0.15, 0.2) is 0 Å². The number of nitrogens with zero attached hydrogens (tertiary/aromatic N) is 2. The van der Waals surface area contributed by atoms with E-state index in [1.54, 1.807) is 6.07 Å². The topological polar surface area (TPSA) is 51.8 Å². The molecule has 4 heteroatoms. The summed E-state index contributed by atoms with van der Waals surface area (Å²) in [5.74, 6) is -0.0247. The number of hydrogen-bond donors (Lipinski definition) is 1. The van der Waals surface area contributed by atoms with E-state index in [4.69, 9.17) is 5.73 Å². The van der Waals surface area contributed by atoms with Gasteiger partial charge in [0.25, 0.3) is 0 Å². The Kier molecular flexibility index (Phi) is 4.77. The molecule has 0 spiro atoms. The second-order valence-corrected chi connectivity index (χ2v) is 3.64. The first-order valence-electron chi connectivity index (χ1n) is 5.94. The number of benzene rings is 1. The molecule has 0 saturated heterocycles. The third-order valence-corrected chi connectivity index (χ3v) is 2.40. The zero-order chi connectivity index (χ0) is 13.7. The molecule has 1 aromatic carbocycles. The number of aryl methyl sites for hydroxylation is 2. The number of rotatable bonds is 1. The first-order chi connectivity index (χ1) is 8.58. The van der Waals surface area contributed by atoms with Crippen molar-refractivity contribution in [2.75, 3.05) is 5.73 Å². The second kappa shape index (κ2) is 6.10. The Labute approximate surface area is 107 Å². The van der Waals surface area contributed by atoms with Gasteiger partial charge in [0.1, 0.15) is 5.82 Å². The molecule has 0 aliphatic rings. The van der Waals surface area contributed by atoms with Gasteiger partial charge in [0, 0.05) is 5.56 Å². The van der Waals surface area contributed by atoms with Crippen molar-refractivity contribution < 1.29 is 4.39 Å². The van der Waals surface area contributed by atoms with Crippen LogP contribution in [0.4, 0.5) is 10.3 Å². The van der Waals surface area contributed by atoms with Crippen molar-refractivity contribution in [2.45, 2.75) is 27.7 Å². The third kappa shape index (κ3) is 3.03. The van der Waals surface area contributed by atoms with Crippen molar-refractivity contribution in [2.24, 2.45) is 0 Å². The molecule has 3 nitrogen and oxygen atoms in total. The van der Waals surface area contributed by atoms with Crippen LogP contribution in [0, 0.1) is 19.7 Å². The van der Waals surface area contributed by atoms with Crippen molar-refractivity contribution in [3.05, 3.63) is 41.5 Å². The molecule has 0 amide bonds. The highest BCUT2D eigenvalue weighted by Gasteiger charge is 2.09. The third-order valence-electron chi connectivity index (χ3n) is 2.40. The lowest BCUT2D eigenvalue weighted by Gasteiger charge is -2.09. The molecule has 18 heavy (non-hydrogen) atoms. The molecule has 0 bridgehead atoms. The normalized spacial score (nSPS) is 9.61. The van der Waals surface area contributed by atoms with Crippen molar-refractivity contribution in [3.63, 3.8) is 0 Å². The molecular formula is C14H18FN3. The molecule has 1 heterocycles. The maximum atomic E-state index is 13.1. The Hall–Kier alpha value is -1.97. The van der Waals surface area contributed by atoms with E-state index in [1.807, 2.05) is 33.8 Å². The van der Waals surface area contributed by atoms with E-state index in [0.717, 1.165) is 22.5 Å².